The van der Waals surface area contributed by atoms with Crippen LogP contribution in [0.25, 0.3) is 21.7 Å². The van der Waals surface area contributed by atoms with Gasteiger partial charge in [-0.1, -0.05) is 6.07 Å². The molecule has 0 spiro atoms. The Balaban J connectivity index is 2.19. The van der Waals surface area contributed by atoms with Crippen LogP contribution in [-0.2, 0) is 0 Å². The third kappa shape index (κ3) is 1.55. The molecule has 16 heavy (non-hydrogen) atoms. The molecule has 3 rings (SSSR count). The van der Waals surface area contributed by atoms with E-state index >= 15 is 0 Å². The molecule has 0 saturated carbocycles. The summed E-state index contributed by atoms with van der Waals surface area (Å²) in [5.41, 5.74) is 3.14. The molecule has 0 unspecified atom stereocenters. The summed E-state index contributed by atoms with van der Waals surface area (Å²) in [7, 11) is 0. The predicted molar refractivity (Wildman–Crippen MR) is 65.3 cm³/mol. The van der Waals surface area contributed by atoms with Crippen LogP contribution in [0.15, 0.2) is 58.9 Å². The number of rotatable bonds is 2. The van der Waals surface area contributed by atoms with Crippen LogP contribution >= 0.6 is 11.3 Å². The summed E-state index contributed by atoms with van der Waals surface area (Å²) in [4.78, 5) is 5.65. The van der Waals surface area contributed by atoms with Crippen molar-refractivity contribution in [2.45, 2.75) is 0 Å². The Hall–Kier alpha value is -1.87. The van der Waals surface area contributed by atoms with Gasteiger partial charge in [-0.3, -0.25) is 4.98 Å². The molecule has 2 nitrogen and oxygen atoms in total. The van der Waals surface area contributed by atoms with E-state index in [-0.39, 0.29) is 0 Å². The molecule has 3 aromatic heterocycles. The third-order valence-electron chi connectivity index (χ3n) is 2.39. The third-order valence-corrected chi connectivity index (χ3v) is 3.29. The van der Waals surface area contributed by atoms with Gasteiger partial charge < -0.3 is 4.42 Å². The largest absolute Gasteiger partial charge is 0.472 e. The van der Waals surface area contributed by atoms with Crippen molar-refractivity contribution in [1.29, 1.82) is 0 Å². The second-order valence-electron chi connectivity index (χ2n) is 3.39. The van der Waals surface area contributed by atoms with Gasteiger partial charge in [0.2, 0.25) is 0 Å². The maximum atomic E-state index is 5.10. The monoisotopic (exact) mass is 227 g/mol. The Morgan fingerprint density at radius 3 is 2.88 bits per heavy atom. The number of furan rings is 1. The first kappa shape index (κ1) is 9.36. The summed E-state index contributed by atoms with van der Waals surface area (Å²) < 4.78 is 5.10. The normalized spacial score (nSPS) is 10.5. The molecule has 0 aromatic carbocycles. The van der Waals surface area contributed by atoms with E-state index in [4.69, 9.17) is 4.42 Å². The second-order valence-corrected chi connectivity index (χ2v) is 4.34. The van der Waals surface area contributed by atoms with Gasteiger partial charge in [-0.25, -0.2) is 0 Å². The molecule has 3 heterocycles. The van der Waals surface area contributed by atoms with E-state index in [9.17, 15) is 0 Å². The number of thiophene rings is 1. The first-order chi connectivity index (χ1) is 7.95. The predicted octanol–water partition coefficient (Wildman–Crippen LogP) is 4.07. The van der Waals surface area contributed by atoms with Gasteiger partial charge in [0, 0.05) is 22.2 Å². The van der Waals surface area contributed by atoms with Gasteiger partial charge in [0.1, 0.15) is 0 Å². The molecule has 0 aliphatic rings. The number of hydrogen-bond acceptors (Lipinski definition) is 3. The first-order valence-corrected chi connectivity index (χ1v) is 5.84. The van der Waals surface area contributed by atoms with Crippen molar-refractivity contribution in [1.82, 2.24) is 4.98 Å². The van der Waals surface area contributed by atoms with Crippen molar-refractivity contribution >= 4 is 11.3 Å². The van der Waals surface area contributed by atoms with Crippen molar-refractivity contribution in [2.24, 2.45) is 0 Å². The van der Waals surface area contributed by atoms with Gasteiger partial charge in [-0.15, -0.1) is 11.3 Å². The summed E-state index contributed by atoms with van der Waals surface area (Å²) in [6.45, 7) is 0. The van der Waals surface area contributed by atoms with Gasteiger partial charge in [0.05, 0.1) is 18.2 Å². The van der Waals surface area contributed by atoms with Crippen LogP contribution in [-0.4, -0.2) is 4.98 Å². The van der Waals surface area contributed by atoms with Crippen LogP contribution < -0.4 is 0 Å². The molecule has 3 heteroatoms. The SMILES string of the molecule is c1csc(-c2cccnc2-c2ccoc2)c1. The zero-order valence-corrected chi connectivity index (χ0v) is 9.28. The lowest BCUT2D eigenvalue weighted by atomic mass is 10.1. The molecule has 0 fully saturated rings. The zero-order valence-electron chi connectivity index (χ0n) is 8.46. The quantitative estimate of drug-likeness (QED) is 0.659. The van der Waals surface area contributed by atoms with Crippen LogP contribution in [0.2, 0.25) is 0 Å². The highest BCUT2D eigenvalue weighted by atomic mass is 32.1. The first-order valence-electron chi connectivity index (χ1n) is 4.96. The maximum Gasteiger partial charge on any atom is 0.0996 e. The Bertz CT molecular complexity index is 517. The maximum absolute atomic E-state index is 5.10. The standard InChI is InChI=1S/C13H9NOS/c1-3-11(12-4-2-8-16-12)13(14-6-1)10-5-7-15-9-10/h1-9H. The van der Waals surface area contributed by atoms with E-state index in [0.29, 0.717) is 0 Å². The minimum absolute atomic E-state index is 0.971. The van der Waals surface area contributed by atoms with E-state index in [0.717, 1.165) is 16.8 Å². The minimum atomic E-state index is 0.971. The smallest absolute Gasteiger partial charge is 0.0996 e. The lowest BCUT2D eigenvalue weighted by Crippen LogP contribution is -1.84. The average Bonchev–Trinajstić information content (AvgIpc) is 3.03. The fourth-order valence-corrected chi connectivity index (χ4v) is 2.42. The molecule has 0 atom stereocenters. The fraction of sp³-hybridized carbons (Fsp3) is 0. The van der Waals surface area contributed by atoms with Crippen molar-refractivity contribution in [3.8, 4) is 21.7 Å². The molecular formula is C13H9NOS. The Morgan fingerprint density at radius 2 is 2.12 bits per heavy atom. The van der Waals surface area contributed by atoms with Gasteiger partial charge >= 0.3 is 0 Å². The Kier molecular flexibility index (Phi) is 2.31. The van der Waals surface area contributed by atoms with Crippen molar-refractivity contribution < 1.29 is 4.42 Å². The molecule has 0 amide bonds. The van der Waals surface area contributed by atoms with Crippen molar-refractivity contribution in [3.05, 3.63) is 54.4 Å². The Labute approximate surface area is 97.2 Å². The van der Waals surface area contributed by atoms with Gasteiger partial charge in [-0.2, -0.15) is 0 Å². The van der Waals surface area contributed by atoms with Crippen LogP contribution in [0.4, 0.5) is 0 Å². The van der Waals surface area contributed by atoms with Crippen LogP contribution in [0.5, 0.6) is 0 Å². The summed E-state index contributed by atoms with van der Waals surface area (Å²) >= 11 is 1.72. The molecule has 0 radical (unpaired) electrons. The number of hydrogen-bond donors (Lipinski definition) is 0. The molecule has 3 aromatic rings. The minimum Gasteiger partial charge on any atom is -0.472 e. The topological polar surface area (TPSA) is 26.0 Å². The molecule has 0 N–H and O–H groups in total. The number of aromatic nitrogens is 1. The molecular weight excluding hydrogens is 218 g/mol. The lowest BCUT2D eigenvalue weighted by Gasteiger charge is -2.03. The summed E-state index contributed by atoms with van der Waals surface area (Å²) in [5, 5.41) is 2.07. The van der Waals surface area contributed by atoms with Crippen LogP contribution in [0.3, 0.4) is 0 Å². The van der Waals surface area contributed by atoms with Gasteiger partial charge in [-0.05, 0) is 29.6 Å². The van der Waals surface area contributed by atoms with Crippen molar-refractivity contribution in [2.75, 3.05) is 0 Å². The molecule has 0 aliphatic carbocycles. The summed E-state index contributed by atoms with van der Waals surface area (Å²) in [5.74, 6) is 0. The lowest BCUT2D eigenvalue weighted by molar-refractivity contribution is 0.568. The van der Waals surface area contributed by atoms with Crippen LogP contribution in [0, 0.1) is 0 Å². The summed E-state index contributed by atoms with van der Waals surface area (Å²) in [6.07, 6.45) is 5.20. The van der Waals surface area contributed by atoms with E-state index in [2.05, 4.69) is 22.5 Å². The van der Waals surface area contributed by atoms with Gasteiger partial charge in [0.25, 0.3) is 0 Å². The average molecular weight is 227 g/mol. The number of nitrogens with zero attached hydrogens (tertiary/aromatic N) is 1. The van der Waals surface area contributed by atoms with Crippen molar-refractivity contribution in [3.63, 3.8) is 0 Å². The van der Waals surface area contributed by atoms with E-state index < -0.39 is 0 Å². The summed E-state index contributed by atoms with van der Waals surface area (Å²) in [6, 6.07) is 10.1. The van der Waals surface area contributed by atoms with Crippen LogP contribution in [0.1, 0.15) is 0 Å². The Morgan fingerprint density at radius 1 is 1.12 bits per heavy atom. The second kappa shape index (κ2) is 3.94. The zero-order chi connectivity index (χ0) is 10.8. The number of pyridine rings is 1. The molecule has 0 aliphatic heterocycles. The highest BCUT2D eigenvalue weighted by Crippen LogP contribution is 2.32. The van der Waals surface area contributed by atoms with E-state index in [1.165, 1.54) is 4.88 Å². The molecule has 0 bridgehead atoms. The van der Waals surface area contributed by atoms with E-state index in [1.54, 1.807) is 30.1 Å². The molecule has 0 saturated heterocycles. The van der Waals surface area contributed by atoms with Gasteiger partial charge in [0.15, 0.2) is 0 Å². The highest BCUT2D eigenvalue weighted by molar-refractivity contribution is 7.13. The molecule has 78 valence electrons. The van der Waals surface area contributed by atoms with E-state index in [1.807, 2.05) is 18.2 Å². The highest BCUT2D eigenvalue weighted by Gasteiger charge is 2.09. The fourth-order valence-electron chi connectivity index (χ4n) is 1.67.